The summed E-state index contributed by atoms with van der Waals surface area (Å²) in [6.45, 7) is 7.76. The Kier molecular flexibility index (Phi) is 6.38. The van der Waals surface area contributed by atoms with Crippen LogP contribution < -0.4 is 0 Å². The average molecular weight is 495 g/mol. The highest BCUT2D eigenvalue weighted by molar-refractivity contribution is 7.89. The van der Waals surface area contributed by atoms with Gasteiger partial charge in [0.15, 0.2) is 0 Å². The van der Waals surface area contributed by atoms with E-state index in [-0.39, 0.29) is 11.2 Å². The number of rotatable bonds is 7. The topological polar surface area (TPSA) is 58.4 Å². The first-order chi connectivity index (χ1) is 16.9. The van der Waals surface area contributed by atoms with Crippen molar-refractivity contribution in [1.29, 1.82) is 0 Å². The van der Waals surface area contributed by atoms with Crippen molar-refractivity contribution >= 4 is 16.1 Å². The third-order valence-electron chi connectivity index (χ3n) is 7.39. The molecule has 2 aromatic carbocycles. The van der Waals surface area contributed by atoms with Gasteiger partial charge in [-0.1, -0.05) is 37.6 Å². The van der Waals surface area contributed by atoms with Crippen molar-refractivity contribution in [3.63, 3.8) is 0 Å². The van der Waals surface area contributed by atoms with Crippen molar-refractivity contribution in [3.05, 3.63) is 83.4 Å². The molecule has 1 saturated heterocycles. The Bertz CT molecular complexity index is 1330. The van der Waals surface area contributed by atoms with Gasteiger partial charge in [-0.25, -0.2) is 17.5 Å². The third-order valence-corrected chi connectivity index (χ3v) is 9.25. The summed E-state index contributed by atoms with van der Waals surface area (Å²) in [7, 11) is -3.59. The Morgan fingerprint density at radius 3 is 2.46 bits per heavy atom. The zero-order valence-corrected chi connectivity index (χ0v) is 21.0. The van der Waals surface area contributed by atoms with Gasteiger partial charge in [0.05, 0.1) is 22.5 Å². The van der Waals surface area contributed by atoms with Crippen molar-refractivity contribution in [2.75, 3.05) is 32.7 Å². The Hall–Kier alpha value is -2.81. The number of sulfonamides is 1. The van der Waals surface area contributed by atoms with E-state index < -0.39 is 10.0 Å². The molecule has 0 spiro atoms. The fourth-order valence-corrected chi connectivity index (χ4v) is 7.00. The average Bonchev–Trinajstić information content (AvgIpc) is 3.28. The van der Waals surface area contributed by atoms with Gasteiger partial charge in [0.1, 0.15) is 5.82 Å². The maximum atomic E-state index is 13.5. The van der Waals surface area contributed by atoms with Crippen LogP contribution in [0.3, 0.4) is 0 Å². The minimum absolute atomic E-state index is 0.279. The number of halogens is 1. The molecule has 2 aliphatic rings. The Balaban J connectivity index is 1.54. The van der Waals surface area contributed by atoms with Gasteiger partial charge in [-0.3, -0.25) is 0 Å². The first-order valence-electron chi connectivity index (χ1n) is 12.2. The summed E-state index contributed by atoms with van der Waals surface area (Å²) >= 11 is 0. The summed E-state index contributed by atoms with van der Waals surface area (Å²) in [5, 5.41) is 4.63. The second-order valence-electron chi connectivity index (χ2n) is 9.43. The fourth-order valence-electron chi connectivity index (χ4n) is 5.45. The SMILES string of the molecule is CCN(CC)CC12Cc3cnn(-c4ccc(F)cc4)c3C=C1CCN(S(=O)(=O)c1ccccc1)C2. The number of fused-ring (bicyclic) bond motifs is 2. The highest BCUT2D eigenvalue weighted by Crippen LogP contribution is 2.45. The molecular formula is C27H31FN4O2S. The Labute approximate surface area is 206 Å². The lowest BCUT2D eigenvalue weighted by Gasteiger charge is -2.48. The number of aromatic nitrogens is 2. The predicted octanol–water partition coefficient (Wildman–Crippen LogP) is 4.37. The molecule has 1 fully saturated rings. The lowest BCUT2D eigenvalue weighted by Crippen LogP contribution is -2.54. The largest absolute Gasteiger partial charge is 0.303 e. The Morgan fingerprint density at radius 1 is 1.06 bits per heavy atom. The van der Waals surface area contributed by atoms with E-state index in [0.717, 1.165) is 36.6 Å². The van der Waals surface area contributed by atoms with Crippen molar-refractivity contribution in [2.45, 2.75) is 31.6 Å². The minimum Gasteiger partial charge on any atom is -0.303 e. The molecule has 1 aliphatic heterocycles. The van der Waals surface area contributed by atoms with Gasteiger partial charge in [0.25, 0.3) is 0 Å². The lowest BCUT2D eigenvalue weighted by atomic mass is 9.68. The highest BCUT2D eigenvalue weighted by Gasteiger charge is 2.46. The summed E-state index contributed by atoms with van der Waals surface area (Å²) in [6.07, 6.45) is 5.46. The smallest absolute Gasteiger partial charge is 0.243 e. The van der Waals surface area contributed by atoms with Crippen LogP contribution in [0.4, 0.5) is 4.39 Å². The minimum atomic E-state index is -3.59. The van der Waals surface area contributed by atoms with Crippen LogP contribution >= 0.6 is 0 Å². The lowest BCUT2D eigenvalue weighted by molar-refractivity contribution is 0.137. The van der Waals surface area contributed by atoms with Crippen LogP contribution in [0.1, 0.15) is 31.5 Å². The van der Waals surface area contributed by atoms with Crippen LogP contribution in [-0.2, 0) is 16.4 Å². The van der Waals surface area contributed by atoms with Crippen LogP contribution in [0.15, 0.2) is 71.3 Å². The summed E-state index contributed by atoms with van der Waals surface area (Å²) in [4.78, 5) is 2.72. The molecule has 0 saturated carbocycles. The van der Waals surface area contributed by atoms with Gasteiger partial charge in [0, 0.05) is 25.0 Å². The van der Waals surface area contributed by atoms with Crippen LogP contribution in [-0.4, -0.2) is 60.1 Å². The highest BCUT2D eigenvalue weighted by atomic mass is 32.2. The van der Waals surface area contributed by atoms with Crippen molar-refractivity contribution in [1.82, 2.24) is 19.0 Å². The fraction of sp³-hybridized carbons (Fsp3) is 0.370. The normalized spacial score (nSPS) is 20.4. The van der Waals surface area contributed by atoms with E-state index in [2.05, 4.69) is 29.9 Å². The molecule has 2 heterocycles. The molecular weight excluding hydrogens is 463 g/mol. The molecule has 35 heavy (non-hydrogen) atoms. The molecule has 0 radical (unpaired) electrons. The molecule has 1 aliphatic carbocycles. The van der Waals surface area contributed by atoms with Crippen LogP contribution in [0.5, 0.6) is 0 Å². The molecule has 3 aromatic rings. The van der Waals surface area contributed by atoms with E-state index in [4.69, 9.17) is 0 Å². The van der Waals surface area contributed by atoms with Crippen LogP contribution in [0.2, 0.25) is 0 Å². The maximum absolute atomic E-state index is 13.5. The van der Waals surface area contributed by atoms with Crippen molar-refractivity contribution < 1.29 is 12.8 Å². The van der Waals surface area contributed by atoms with Gasteiger partial charge in [-0.15, -0.1) is 0 Å². The summed E-state index contributed by atoms with van der Waals surface area (Å²) in [5.41, 5.74) is 3.84. The van der Waals surface area contributed by atoms with Gasteiger partial charge in [-0.05, 0) is 74.0 Å². The number of hydrogen-bond donors (Lipinski definition) is 0. The van der Waals surface area contributed by atoms with E-state index in [1.165, 1.54) is 17.7 Å². The van der Waals surface area contributed by atoms with Crippen LogP contribution in [0.25, 0.3) is 11.8 Å². The summed E-state index contributed by atoms with van der Waals surface area (Å²) < 4.78 is 44.1. The summed E-state index contributed by atoms with van der Waals surface area (Å²) in [5.74, 6) is -0.279. The van der Waals surface area contributed by atoms with Gasteiger partial charge in [0.2, 0.25) is 10.0 Å². The van der Waals surface area contributed by atoms with E-state index in [9.17, 15) is 12.8 Å². The molecule has 0 N–H and O–H groups in total. The number of nitrogens with zero attached hydrogens (tertiary/aromatic N) is 4. The molecule has 5 rings (SSSR count). The predicted molar refractivity (Wildman–Crippen MR) is 135 cm³/mol. The molecule has 0 bridgehead atoms. The standard InChI is InChI=1S/C27H31FN4O2S/c1-3-30(4-2)19-27-17-21-18-29-32(24-12-10-23(28)11-13-24)26(21)16-22(27)14-15-31(20-27)35(33,34)25-8-6-5-7-9-25/h5-13,16,18H,3-4,14-15,17,19-20H2,1-2H3. The maximum Gasteiger partial charge on any atom is 0.243 e. The molecule has 1 unspecified atom stereocenters. The molecule has 8 heteroatoms. The number of piperidine rings is 1. The number of hydrogen-bond acceptors (Lipinski definition) is 4. The molecule has 184 valence electrons. The van der Waals surface area contributed by atoms with Crippen molar-refractivity contribution in [3.8, 4) is 5.69 Å². The van der Waals surface area contributed by atoms with Gasteiger partial charge < -0.3 is 4.90 Å². The summed E-state index contributed by atoms with van der Waals surface area (Å²) in [6, 6.07) is 15.1. The second kappa shape index (κ2) is 9.33. The van der Waals surface area contributed by atoms with E-state index >= 15 is 0 Å². The molecule has 0 amide bonds. The van der Waals surface area contributed by atoms with Crippen molar-refractivity contribution in [2.24, 2.45) is 5.41 Å². The first-order valence-corrected chi connectivity index (χ1v) is 13.6. The first kappa shape index (κ1) is 23.9. The monoisotopic (exact) mass is 494 g/mol. The van der Waals surface area contributed by atoms with Gasteiger partial charge >= 0.3 is 0 Å². The zero-order chi connectivity index (χ0) is 24.6. The van der Waals surface area contributed by atoms with E-state index in [0.29, 0.717) is 30.8 Å². The molecule has 1 aromatic heterocycles. The van der Waals surface area contributed by atoms with Gasteiger partial charge in [-0.2, -0.15) is 9.40 Å². The second-order valence-corrected chi connectivity index (χ2v) is 11.4. The quantitative estimate of drug-likeness (QED) is 0.489. The van der Waals surface area contributed by atoms with E-state index in [1.807, 2.05) is 16.9 Å². The van der Waals surface area contributed by atoms with Crippen LogP contribution in [0, 0.1) is 11.2 Å². The zero-order valence-electron chi connectivity index (χ0n) is 20.2. The third kappa shape index (κ3) is 4.35. The molecule has 1 atom stereocenters. The van der Waals surface area contributed by atoms with E-state index in [1.54, 1.807) is 40.7 Å². The molecule has 6 nitrogen and oxygen atoms in total. The number of benzene rings is 2. The Morgan fingerprint density at radius 2 is 1.77 bits per heavy atom.